The number of amides is 1. The number of rotatable bonds is 4. The maximum absolute atomic E-state index is 12.3. The van der Waals surface area contributed by atoms with Gasteiger partial charge in [0.1, 0.15) is 0 Å². The molecular weight excluding hydrogens is 274 g/mol. The van der Waals surface area contributed by atoms with Crippen LogP contribution in [0.25, 0.3) is 0 Å². The maximum Gasteiger partial charge on any atom is 0.240 e. The van der Waals surface area contributed by atoms with Crippen molar-refractivity contribution in [1.29, 1.82) is 0 Å². The third-order valence-corrected chi connectivity index (χ3v) is 5.79. The molecular formula is C18H23N3O. The van der Waals surface area contributed by atoms with E-state index in [2.05, 4.69) is 15.5 Å². The fraction of sp³-hybridized carbons (Fsp3) is 0.611. The number of nitrogens with zero attached hydrogens (tertiary/aromatic N) is 2. The van der Waals surface area contributed by atoms with Gasteiger partial charge in [-0.3, -0.25) is 9.78 Å². The van der Waals surface area contributed by atoms with Crippen LogP contribution in [0.2, 0.25) is 0 Å². The lowest BCUT2D eigenvalue weighted by Crippen LogP contribution is -2.47. The highest BCUT2D eigenvalue weighted by atomic mass is 16.2. The molecule has 1 N–H and O–H groups in total. The monoisotopic (exact) mass is 297 g/mol. The van der Waals surface area contributed by atoms with Crippen molar-refractivity contribution < 1.29 is 4.79 Å². The van der Waals surface area contributed by atoms with Crippen LogP contribution in [0.1, 0.15) is 50.5 Å². The molecule has 4 fully saturated rings. The minimum atomic E-state index is 0.0714. The van der Waals surface area contributed by atoms with Crippen LogP contribution in [0.15, 0.2) is 29.6 Å². The van der Waals surface area contributed by atoms with Gasteiger partial charge in [-0.05, 0) is 67.8 Å². The Morgan fingerprint density at radius 3 is 2.55 bits per heavy atom. The summed E-state index contributed by atoms with van der Waals surface area (Å²) in [5.41, 5.74) is 3.89. The molecule has 116 valence electrons. The molecule has 0 spiro atoms. The molecule has 1 aromatic rings. The normalized spacial score (nSPS) is 35.9. The van der Waals surface area contributed by atoms with Crippen molar-refractivity contribution in [1.82, 2.24) is 10.4 Å². The number of carbonyl (C=O) groups is 1. The first kappa shape index (κ1) is 13.9. The Kier molecular flexibility index (Phi) is 3.47. The fourth-order valence-electron chi connectivity index (χ4n) is 5.52. The molecule has 4 heteroatoms. The average Bonchev–Trinajstić information content (AvgIpc) is 2.46. The van der Waals surface area contributed by atoms with Gasteiger partial charge in [-0.2, -0.15) is 5.10 Å². The first-order valence-electron chi connectivity index (χ1n) is 8.43. The van der Waals surface area contributed by atoms with Gasteiger partial charge in [0.05, 0.1) is 6.21 Å². The number of aromatic nitrogens is 1. The summed E-state index contributed by atoms with van der Waals surface area (Å²) in [6.07, 6.45) is 13.8. The Hall–Kier alpha value is -1.71. The molecule has 4 aliphatic carbocycles. The molecule has 4 nitrogen and oxygen atoms in total. The lowest BCUT2D eigenvalue weighted by Gasteiger charge is -2.56. The largest absolute Gasteiger partial charge is 0.273 e. The molecule has 0 aromatic carbocycles. The molecule has 0 aliphatic heterocycles. The highest BCUT2D eigenvalue weighted by Crippen LogP contribution is 2.61. The van der Waals surface area contributed by atoms with E-state index in [1.54, 1.807) is 18.6 Å². The number of hydrazone groups is 1. The minimum Gasteiger partial charge on any atom is -0.273 e. The Morgan fingerprint density at radius 1 is 1.27 bits per heavy atom. The van der Waals surface area contributed by atoms with E-state index in [0.29, 0.717) is 6.42 Å². The third kappa shape index (κ3) is 2.79. The summed E-state index contributed by atoms with van der Waals surface area (Å²) in [6.45, 7) is 0. The van der Waals surface area contributed by atoms with Crippen LogP contribution in [0.4, 0.5) is 0 Å². The van der Waals surface area contributed by atoms with E-state index in [1.807, 2.05) is 12.1 Å². The maximum atomic E-state index is 12.3. The van der Waals surface area contributed by atoms with E-state index in [9.17, 15) is 4.79 Å². The van der Waals surface area contributed by atoms with Gasteiger partial charge in [-0.1, -0.05) is 6.07 Å². The van der Waals surface area contributed by atoms with E-state index in [-0.39, 0.29) is 11.3 Å². The van der Waals surface area contributed by atoms with Crippen LogP contribution in [0.3, 0.4) is 0 Å². The predicted octanol–water partition coefficient (Wildman–Crippen LogP) is 3.14. The zero-order valence-corrected chi connectivity index (χ0v) is 12.9. The molecule has 4 saturated carbocycles. The van der Waals surface area contributed by atoms with Gasteiger partial charge in [0.15, 0.2) is 0 Å². The van der Waals surface area contributed by atoms with E-state index < -0.39 is 0 Å². The molecule has 4 aliphatic rings. The number of nitrogens with one attached hydrogen (secondary N) is 1. The molecule has 0 radical (unpaired) electrons. The van der Waals surface area contributed by atoms with Crippen molar-refractivity contribution in [3.05, 3.63) is 30.1 Å². The first-order chi connectivity index (χ1) is 10.7. The Labute approximate surface area is 131 Å². The van der Waals surface area contributed by atoms with Gasteiger partial charge in [0.2, 0.25) is 5.91 Å². The SMILES string of the molecule is O=C(CC12CC3CC(CC(C3)C1)C2)N/N=C\c1cccnc1. The molecule has 0 saturated heterocycles. The smallest absolute Gasteiger partial charge is 0.240 e. The summed E-state index contributed by atoms with van der Waals surface area (Å²) in [5.74, 6) is 2.73. The highest BCUT2D eigenvalue weighted by Gasteiger charge is 2.51. The first-order valence-corrected chi connectivity index (χ1v) is 8.43. The average molecular weight is 297 g/mol. The van der Waals surface area contributed by atoms with Gasteiger partial charge < -0.3 is 0 Å². The summed E-state index contributed by atoms with van der Waals surface area (Å²) >= 11 is 0. The molecule has 22 heavy (non-hydrogen) atoms. The zero-order chi connectivity index (χ0) is 15.0. The molecule has 1 amide bonds. The molecule has 0 unspecified atom stereocenters. The predicted molar refractivity (Wildman–Crippen MR) is 85.2 cm³/mol. The van der Waals surface area contributed by atoms with Crippen LogP contribution >= 0.6 is 0 Å². The standard InChI is InChI=1S/C18H23N3O/c22-17(21-20-12-13-2-1-3-19-11-13)10-18-7-14-4-15(8-18)6-16(5-14)9-18/h1-3,11-12,14-16H,4-10H2,(H,21,22)/b20-12-. The summed E-state index contributed by atoms with van der Waals surface area (Å²) in [6, 6.07) is 3.78. The quantitative estimate of drug-likeness (QED) is 0.685. The van der Waals surface area contributed by atoms with Crippen molar-refractivity contribution in [3.63, 3.8) is 0 Å². The topological polar surface area (TPSA) is 54.4 Å². The van der Waals surface area contributed by atoms with Crippen LogP contribution in [-0.4, -0.2) is 17.1 Å². The summed E-state index contributed by atoms with van der Waals surface area (Å²) < 4.78 is 0. The molecule has 1 aromatic heterocycles. The Bertz CT molecular complexity index is 546. The molecule has 4 bridgehead atoms. The van der Waals surface area contributed by atoms with Crippen LogP contribution in [0, 0.1) is 23.2 Å². The summed E-state index contributed by atoms with van der Waals surface area (Å²) in [5, 5.41) is 4.08. The van der Waals surface area contributed by atoms with Crippen LogP contribution < -0.4 is 5.43 Å². The van der Waals surface area contributed by atoms with Crippen molar-refractivity contribution in [2.24, 2.45) is 28.3 Å². The number of hydrogen-bond donors (Lipinski definition) is 1. The number of hydrogen-bond acceptors (Lipinski definition) is 3. The molecule has 5 rings (SSSR count). The van der Waals surface area contributed by atoms with Gasteiger partial charge in [0, 0.05) is 24.4 Å². The van der Waals surface area contributed by atoms with Gasteiger partial charge >= 0.3 is 0 Å². The highest BCUT2D eigenvalue weighted by molar-refractivity contribution is 5.82. The zero-order valence-electron chi connectivity index (χ0n) is 12.9. The van der Waals surface area contributed by atoms with Gasteiger partial charge in [0.25, 0.3) is 0 Å². The summed E-state index contributed by atoms with van der Waals surface area (Å²) in [7, 11) is 0. The lowest BCUT2D eigenvalue weighted by molar-refractivity contribution is -0.129. The second kappa shape index (κ2) is 5.49. The third-order valence-electron chi connectivity index (χ3n) is 5.79. The van der Waals surface area contributed by atoms with E-state index in [1.165, 1.54) is 38.5 Å². The van der Waals surface area contributed by atoms with Gasteiger partial charge in [-0.15, -0.1) is 0 Å². The fourth-order valence-corrected chi connectivity index (χ4v) is 5.52. The van der Waals surface area contributed by atoms with Crippen molar-refractivity contribution in [3.8, 4) is 0 Å². The van der Waals surface area contributed by atoms with E-state index in [0.717, 1.165) is 23.3 Å². The second-order valence-corrected chi connectivity index (χ2v) is 7.67. The van der Waals surface area contributed by atoms with Crippen LogP contribution in [-0.2, 0) is 4.79 Å². The number of pyridine rings is 1. The lowest BCUT2D eigenvalue weighted by atomic mass is 9.49. The second-order valence-electron chi connectivity index (χ2n) is 7.67. The summed E-state index contributed by atoms with van der Waals surface area (Å²) in [4.78, 5) is 16.3. The molecule has 0 atom stereocenters. The van der Waals surface area contributed by atoms with E-state index >= 15 is 0 Å². The minimum absolute atomic E-state index is 0.0714. The van der Waals surface area contributed by atoms with Crippen molar-refractivity contribution in [2.75, 3.05) is 0 Å². The van der Waals surface area contributed by atoms with Crippen molar-refractivity contribution >= 4 is 12.1 Å². The van der Waals surface area contributed by atoms with Crippen LogP contribution in [0.5, 0.6) is 0 Å². The van der Waals surface area contributed by atoms with Gasteiger partial charge in [-0.25, -0.2) is 5.43 Å². The molecule has 1 heterocycles. The van der Waals surface area contributed by atoms with Crippen molar-refractivity contribution in [2.45, 2.75) is 44.9 Å². The van der Waals surface area contributed by atoms with E-state index in [4.69, 9.17) is 0 Å². The number of carbonyl (C=O) groups excluding carboxylic acids is 1. The Morgan fingerprint density at radius 2 is 1.95 bits per heavy atom. The Balaban J connectivity index is 1.35.